The Labute approximate surface area is 49.4 Å². The van der Waals surface area contributed by atoms with Crippen molar-refractivity contribution in [2.75, 3.05) is 13.2 Å². The Bertz CT molecular complexity index is 44.2. The number of nitrogens with two attached hydrogens (primary N) is 1. The van der Waals surface area contributed by atoms with E-state index in [0.29, 0.717) is 12.6 Å². The fourth-order valence-corrected chi connectivity index (χ4v) is 0.470. The molecule has 0 spiro atoms. The maximum absolute atomic E-state index is 5.21. The first-order valence-corrected chi connectivity index (χ1v) is 2.25. The summed E-state index contributed by atoms with van der Waals surface area (Å²) in [6.45, 7) is 1.61. The van der Waals surface area contributed by atoms with Gasteiger partial charge in [0.15, 0.2) is 0 Å². The molecule has 1 atom stereocenters. The molecule has 2 N–H and O–H groups in total. The molecule has 0 aromatic heterocycles. The SMILES string of the molecule is Cl.NC[C@@H]1CCO1. The molecule has 1 fully saturated rings. The van der Waals surface area contributed by atoms with Crippen LogP contribution in [-0.4, -0.2) is 19.3 Å². The molecule has 1 rings (SSSR count). The zero-order valence-corrected chi connectivity index (χ0v) is 4.91. The van der Waals surface area contributed by atoms with Gasteiger partial charge in [-0.3, -0.25) is 0 Å². The minimum absolute atomic E-state index is 0. The van der Waals surface area contributed by atoms with Gasteiger partial charge in [-0.05, 0) is 6.42 Å². The molecule has 1 aliphatic heterocycles. The van der Waals surface area contributed by atoms with Crippen molar-refractivity contribution in [3.8, 4) is 0 Å². The Balaban J connectivity index is 0.000000360. The van der Waals surface area contributed by atoms with Crippen molar-refractivity contribution in [1.29, 1.82) is 0 Å². The van der Waals surface area contributed by atoms with E-state index < -0.39 is 0 Å². The van der Waals surface area contributed by atoms with Crippen LogP contribution < -0.4 is 5.73 Å². The summed E-state index contributed by atoms with van der Waals surface area (Å²) in [5, 5.41) is 0. The smallest absolute Gasteiger partial charge is 0.0719 e. The molecule has 0 radical (unpaired) electrons. The Kier molecular flexibility index (Phi) is 3.34. The molecule has 0 aromatic carbocycles. The lowest BCUT2D eigenvalue weighted by Crippen LogP contribution is -2.33. The van der Waals surface area contributed by atoms with E-state index in [1.165, 1.54) is 0 Å². The highest BCUT2D eigenvalue weighted by atomic mass is 35.5. The Morgan fingerprint density at radius 3 is 2.29 bits per heavy atom. The van der Waals surface area contributed by atoms with Crippen LogP contribution in [0.2, 0.25) is 0 Å². The maximum atomic E-state index is 5.21. The number of ether oxygens (including phenoxy) is 1. The Morgan fingerprint density at radius 2 is 2.29 bits per heavy atom. The van der Waals surface area contributed by atoms with Crippen LogP contribution in [0.25, 0.3) is 0 Å². The molecule has 44 valence electrons. The van der Waals surface area contributed by atoms with Crippen molar-refractivity contribution in [3.05, 3.63) is 0 Å². The summed E-state index contributed by atoms with van der Waals surface area (Å²) >= 11 is 0. The molecule has 1 aliphatic rings. The van der Waals surface area contributed by atoms with E-state index in [9.17, 15) is 0 Å². The molecular weight excluding hydrogens is 114 g/mol. The fraction of sp³-hybridized carbons (Fsp3) is 1.00. The van der Waals surface area contributed by atoms with Crippen molar-refractivity contribution < 1.29 is 4.74 Å². The van der Waals surface area contributed by atoms with Crippen LogP contribution in [0.5, 0.6) is 0 Å². The predicted octanol–water partition coefficient (Wildman–Crippen LogP) is 0.156. The van der Waals surface area contributed by atoms with Crippen LogP contribution >= 0.6 is 12.4 Å². The molecule has 0 amide bonds. The zero-order valence-electron chi connectivity index (χ0n) is 4.09. The van der Waals surface area contributed by atoms with Gasteiger partial charge in [0.05, 0.1) is 6.10 Å². The van der Waals surface area contributed by atoms with Gasteiger partial charge in [-0.15, -0.1) is 12.4 Å². The van der Waals surface area contributed by atoms with Crippen molar-refractivity contribution in [1.82, 2.24) is 0 Å². The summed E-state index contributed by atoms with van der Waals surface area (Å²) in [4.78, 5) is 0. The maximum Gasteiger partial charge on any atom is 0.0719 e. The van der Waals surface area contributed by atoms with E-state index in [4.69, 9.17) is 10.5 Å². The van der Waals surface area contributed by atoms with E-state index in [1.54, 1.807) is 0 Å². The van der Waals surface area contributed by atoms with Crippen LogP contribution in [0.3, 0.4) is 0 Å². The zero-order chi connectivity index (χ0) is 4.41. The first-order valence-electron chi connectivity index (χ1n) is 2.25. The monoisotopic (exact) mass is 123 g/mol. The molecule has 3 heteroatoms. The van der Waals surface area contributed by atoms with Gasteiger partial charge in [0.1, 0.15) is 0 Å². The summed E-state index contributed by atoms with van der Waals surface area (Å²) in [7, 11) is 0. The lowest BCUT2D eigenvalue weighted by atomic mass is 10.2. The third kappa shape index (κ3) is 1.63. The molecule has 2 nitrogen and oxygen atoms in total. The van der Waals surface area contributed by atoms with E-state index in [2.05, 4.69) is 0 Å². The van der Waals surface area contributed by atoms with Crippen molar-refractivity contribution >= 4 is 12.4 Å². The molecular formula is C4H10ClNO. The number of hydrogen-bond acceptors (Lipinski definition) is 2. The Hall–Kier alpha value is 0.210. The summed E-state index contributed by atoms with van der Waals surface area (Å²) in [6, 6.07) is 0. The summed E-state index contributed by atoms with van der Waals surface area (Å²) in [5.74, 6) is 0. The minimum atomic E-state index is 0. The highest BCUT2D eigenvalue weighted by Crippen LogP contribution is 2.07. The number of rotatable bonds is 1. The topological polar surface area (TPSA) is 35.2 Å². The van der Waals surface area contributed by atoms with Crippen LogP contribution in [-0.2, 0) is 4.74 Å². The average molecular weight is 124 g/mol. The van der Waals surface area contributed by atoms with Gasteiger partial charge in [-0.1, -0.05) is 0 Å². The third-order valence-electron chi connectivity index (χ3n) is 1.06. The highest BCUT2D eigenvalue weighted by molar-refractivity contribution is 5.85. The van der Waals surface area contributed by atoms with Gasteiger partial charge in [-0.2, -0.15) is 0 Å². The fourth-order valence-electron chi connectivity index (χ4n) is 0.470. The summed E-state index contributed by atoms with van der Waals surface area (Å²) in [5.41, 5.74) is 5.21. The van der Waals surface area contributed by atoms with Gasteiger partial charge in [0.2, 0.25) is 0 Å². The number of hydrogen-bond donors (Lipinski definition) is 1. The molecule has 0 bridgehead atoms. The van der Waals surface area contributed by atoms with Gasteiger partial charge in [-0.25, -0.2) is 0 Å². The summed E-state index contributed by atoms with van der Waals surface area (Å²) < 4.78 is 4.95. The Morgan fingerprint density at radius 1 is 1.71 bits per heavy atom. The second-order valence-corrected chi connectivity index (χ2v) is 1.52. The van der Waals surface area contributed by atoms with Crippen LogP contribution in [0.15, 0.2) is 0 Å². The van der Waals surface area contributed by atoms with Crippen molar-refractivity contribution in [2.45, 2.75) is 12.5 Å². The largest absolute Gasteiger partial charge is 0.377 e. The molecule has 0 saturated carbocycles. The molecule has 1 heterocycles. The normalized spacial score (nSPS) is 27.9. The first-order chi connectivity index (χ1) is 2.93. The van der Waals surface area contributed by atoms with Crippen LogP contribution in [0.4, 0.5) is 0 Å². The van der Waals surface area contributed by atoms with E-state index >= 15 is 0 Å². The molecule has 0 aliphatic carbocycles. The average Bonchev–Trinajstić information content (AvgIpc) is 1.31. The lowest BCUT2D eigenvalue weighted by molar-refractivity contribution is -0.0435. The van der Waals surface area contributed by atoms with E-state index in [1.807, 2.05) is 0 Å². The standard InChI is InChI=1S/C4H9NO.ClH/c5-3-4-1-2-6-4;/h4H,1-3,5H2;1H/t4-;/m0./s1. The van der Waals surface area contributed by atoms with Crippen LogP contribution in [0, 0.1) is 0 Å². The molecule has 1 saturated heterocycles. The number of halogens is 1. The van der Waals surface area contributed by atoms with Gasteiger partial charge in [0, 0.05) is 13.2 Å². The lowest BCUT2D eigenvalue weighted by Gasteiger charge is -2.24. The third-order valence-corrected chi connectivity index (χ3v) is 1.06. The molecule has 0 aromatic rings. The van der Waals surface area contributed by atoms with Crippen LogP contribution in [0.1, 0.15) is 6.42 Å². The minimum Gasteiger partial charge on any atom is -0.377 e. The van der Waals surface area contributed by atoms with E-state index in [0.717, 1.165) is 13.0 Å². The van der Waals surface area contributed by atoms with Crippen molar-refractivity contribution in [2.24, 2.45) is 5.73 Å². The van der Waals surface area contributed by atoms with Gasteiger partial charge < -0.3 is 10.5 Å². The molecule has 0 unspecified atom stereocenters. The second kappa shape index (κ2) is 3.24. The van der Waals surface area contributed by atoms with E-state index in [-0.39, 0.29) is 12.4 Å². The predicted molar refractivity (Wildman–Crippen MR) is 30.7 cm³/mol. The summed E-state index contributed by atoms with van der Waals surface area (Å²) in [6.07, 6.45) is 1.56. The van der Waals surface area contributed by atoms with Gasteiger partial charge >= 0.3 is 0 Å². The second-order valence-electron chi connectivity index (χ2n) is 1.52. The van der Waals surface area contributed by atoms with Gasteiger partial charge in [0.25, 0.3) is 0 Å². The quantitative estimate of drug-likeness (QED) is 0.539. The molecule has 7 heavy (non-hydrogen) atoms. The van der Waals surface area contributed by atoms with Crippen molar-refractivity contribution in [3.63, 3.8) is 0 Å². The first kappa shape index (κ1) is 7.21. The highest BCUT2D eigenvalue weighted by Gasteiger charge is 2.14.